The first-order chi connectivity index (χ1) is 16.6. The molecule has 0 fully saturated rings. The van der Waals surface area contributed by atoms with Crippen molar-refractivity contribution in [3.63, 3.8) is 0 Å². The van der Waals surface area contributed by atoms with Crippen LogP contribution in [0.1, 0.15) is 28.0 Å². The number of halogens is 1. The number of nitrogens with one attached hydrogen (secondary N) is 1. The van der Waals surface area contributed by atoms with E-state index in [1.807, 2.05) is 91.0 Å². The molecule has 0 amide bonds. The molecule has 0 radical (unpaired) electrons. The third kappa shape index (κ3) is 6.72. The predicted molar refractivity (Wildman–Crippen MR) is 132 cm³/mol. The Morgan fingerprint density at radius 3 is 1.56 bits per heavy atom. The fourth-order valence-corrected chi connectivity index (χ4v) is 5.41. The molecule has 4 aromatic rings. The largest absolute Gasteiger partial charge is 0.352 e. The normalized spacial score (nSPS) is 12.4. The molecular formula is C28H27FNO3P. The molecule has 174 valence electrons. The molecule has 1 N–H and O–H groups in total. The van der Waals surface area contributed by atoms with E-state index in [0.717, 1.165) is 16.7 Å². The zero-order valence-corrected chi connectivity index (χ0v) is 19.6. The summed E-state index contributed by atoms with van der Waals surface area (Å²) in [6, 6.07) is 34.8. The highest BCUT2D eigenvalue weighted by molar-refractivity contribution is 7.54. The summed E-state index contributed by atoms with van der Waals surface area (Å²) in [5.41, 5.74) is 3.41. The molecule has 4 nitrogen and oxygen atoms in total. The van der Waals surface area contributed by atoms with Crippen molar-refractivity contribution in [3.05, 3.63) is 143 Å². The Morgan fingerprint density at radius 1 is 0.647 bits per heavy atom. The summed E-state index contributed by atoms with van der Waals surface area (Å²) in [6.45, 7) is 0.686. The summed E-state index contributed by atoms with van der Waals surface area (Å²) in [7, 11) is -3.77. The van der Waals surface area contributed by atoms with Crippen LogP contribution < -0.4 is 5.32 Å². The van der Waals surface area contributed by atoms with Crippen molar-refractivity contribution in [2.45, 2.75) is 25.5 Å². The molecule has 0 bridgehead atoms. The van der Waals surface area contributed by atoms with E-state index in [0.29, 0.717) is 12.1 Å². The molecule has 34 heavy (non-hydrogen) atoms. The highest BCUT2D eigenvalue weighted by Crippen LogP contribution is 2.60. The summed E-state index contributed by atoms with van der Waals surface area (Å²) < 4.78 is 40.1. The molecule has 0 spiro atoms. The van der Waals surface area contributed by atoms with Crippen molar-refractivity contribution >= 4 is 7.60 Å². The second kappa shape index (κ2) is 11.9. The van der Waals surface area contributed by atoms with Gasteiger partial charge >= 0.3 is 7.60 Å². The fourth-order valence-electron chi connectivity index (χ4n) is 3.53. The van der Waals surface area contributed by atoms with Gasteiger partial charge in [0.1, 0.15) is 11.6 Å². The van der Waals surface area contributed by atoms with Crippen LogP contribution in [0.3, 0.4) is 0 Å². The van der Waals surface area contributed by atoms with Gasteiger partial charge in [0.05, 0.1) is 13.2 Å². The minimum Gasteiger partial charge on any atom is -0.302 e. The topological polar surface area (TPSA) is 47.6 Å². The van der Waals surface area contributed by atoms with Gasteiger partial charge in [0.15, 0.2) is 0 Å². The average molecular weight is 476 g/mol. The quantitative estimate of drug-likeness (QED) is 0.232. The van der Waals surface area contributed by atoms with Crippen LogP contribution in [-0.2, 0) is 33.4 Å². The predicted octanol–water partition coefficient (Wildman–Crippen LogP) is 7.24. The minimum atomic E-state index is -3.77. The van der Waals surface area contributed by atoms with E-state index in [1.54, 1.807) is 12.1 Å². The summed E-state index contributed by atoms with van der Waals surface area (Å²) >= 11 is 0. The molecule has 0 aromatic heterocycles. The molecule has 0 aliphatic carbocycles. The van der Waals surface area contributed by atoms with E-state index >= 15 is 0 Å². The molecule has 1 unspecified atom stereocenters. The maximum Gasteiger partial charge on any atom is 0.352 e. The molecule has 0 saturated heterocycles. The van der Waals surface area contributed by atoms with E-state index in [4.69, 9.17) is 9.05 Å². The Balaban J connectivity index is 1.64. The third-order valence-corrected chi connectivity index (χ3v) is 7.44. The maximum absolute atomic E-state index is 14.4. The van der Waals surface area contributed by atoms with Crippen LogP contribution in [0.15, 0.2) is 115 Å². The van der Waals surface area contributed by atoms with Crippen molar-refractivity contribution in [1.29, 1.82) is 0 Å². The lowest BCUT2D eigenvalue weighted by atomic mass is 10.2. The lowest BCUT2D eigenvalue weighted by Gasteiger charge is -2.28. The van der Waals surface area contributed by atoms with Crippen LogP contribution in [0.25, 0.3) is 0 Å². The van der Waals surface area contributed by atoms with Gasteiger partial charge in [0.2, 0.25) is 0 Å². The van der Waals surface area contributed by atoms with Gasteiger partial charge in [-0.1, -0.05) is 103 Å². The van der Waals surface area contributed by atoms with E-state index < -0.39 is 13.4 Å². The number of hydrogen-bond donors (Lipinski definition) is 1. The first-order valence-corrected chi connectivity index (χ1v) is 12.7. The lowest BCUT2D eigenvalue weighted by molar-refractivity contribution is 0.179. The molecule has 1 atom stereocenters. The number of rotatable bonds is 11. The summed E-state index contributed by atoms with van der Waals surface area (Å²) in [5, 5.41) is 3.35. The van der Waals surface area contributed by atoms with Gasteiger partial charge < -0.3 is 9.05 Å². The van der Waals surface area contributed by atoms with E-state index in [2.05, 4.69) is 5.32 Å². The average Bonchev–Trinajstić information content (AvgIpc) is 2.89. The van der Waals surface area contributed by atoms with Crippen molar-refractivity contribution < 1.29 is 18.0 Å². The van der Waals surface area contributed by atoms with Crippen LogP contribution >= 0.6 is 7.60 Å². The third-order valence-electron chi connectivity index (χ3n) is 5.35. The van der Waals surface area contributed by atoms with Crippen LogP contribution in [0.2, 0.25) is 0 Å². The van der Waals surface area contributed by atoms with E-state index in [9.17, 15) is 8.96 Å². The maximum atomic E-state index is 14.4. The summed E-state index contributed by atoms with van der Waals surface area (Å²) in [5.74, 6) is -1.16. The molecule has 0 saturated carbocycles. The lowest BCUT2D eigenvalue weighted by Crippen LogP contribution is -2.23. The Labute approximate surface area is 199 Å². The zero-order valence-electron chi connectivity index (χ0n) is 18.7. The zero-order chi connectivity index (χ0) is 23.6. The summed E-state index contributed by atoms with van der Waals surface area (Å²) in [4.78, 5) is 0. The molecule has 0 aliphatic heterocycles. The molecule has 0 heterocycles. The second-order valence-electron chi connectivity index (χ2n) is 7.88. The Bertz CT molecular complexity index is 1140. The van der Waals surface area contributed by atoms with Crippen LogP contribution in [0, 0.1) is 5.82 Å². The van der Waals surface area contributed by atoms with Gasteiger partial charge in [-0.15, -0.1) is 0 Å². The Hall–Kier alpha value is -3.08. The first-order valence-electron chi connectivity index (χ1n) is 11.1. The Kier molecular flexibility index (Phi) is 8.40. The standard InChI is InChI=1S/C28H27FNO3P/c29-27-18-16-26(17-19-27)28(30-20-23-10-4-1-5-11-23)34(31,32-21-24-12-6-2-7-13-24)33-22-25-14-8-3-9-15-25/h1-19,28,30H,20-22H2. The van der Waals surface area contributed by atoms with Crippen LogP contribution in [0.5, 0.6) is 0 Å². The monoisotopic (exact) mass is 475 g/mol. The molecule has 0 aliphatic rings. The smallest absolute Gasteiger partial charge is 0.302 e. The Morgan fingerprint density at radius 2 is 1.09 bits per heavy atom. The summed E-state index contributed by atoms with van der Waals surface area (Å²) in [6.07, 6.45) is 0. The SMILES string of the molecule is O=P(OCc1ccccc1)(OCc1ccccc1)C(NCc1ccccc1)c1ccc(F)cc1. The number of benzene rings is 4. The molecule has 4 rings (SSSR count). The first kappa shape index (κ1) is 24.1. The van der Waals surface area contributed by atoms with Gasteiger partial charge in [-0.2, -0.15) is 0 Å². The molecule has 4 aromatic carbocycles. The van der Waals surface area contributed by atoms with Gasteiger partial charge in [0.25, 0.3) is 0 Å². The number of hydrogen-bond acceptors (Lipinski definition) is 4. The van der Waals surface area contributed by atoms with Crippen molar-refractivity contribution in [3.8, 4) is 0 Å². The van der Waals surface area contributed by atoms with Crippen LogP contribution in [0.4, 0.5) is 4.39 Å². The van der Waals surface area contributed by atoms with Gasteiger partial charge in [-0.3, -0.25) is 9.88 Å². The van der Waals surface area contributed by atoms with Gasteiger partial charge in [-0.05, 0) is 34.4 Å². The van der Waals surface area contributed by atoms with Gasteiger partial charge in [0, 0.05) is 6.54 Å². The van der Waals surface area contributed by atoms with Crippen molar-refractivity contribution in [1.82, 2.24) is 5.32 Å². The van der Waals surface area contributed by atoms with Gasteiger partial charge in [-0.25, -0.2) is 4.39 Å². The highest BCUT2D eigenvalue weighted by atomic mass is 31.2. The van der Waals surface area contributed by atoms with E-state index in [-0.39, 0.29) is 19.0 Å². The van der Waals surface area contributed by atoms with E-state index in [1.165, 1.54) is 12.1 Å². The van der Waals surface area contributed by atoms with Crippen molar-refractivity contribution in [2.75, 3.05) is 0 Å². The fraction of sp³-hybridized carbons (Fsp3) is 0.143. The molecule has 6 heteroatoms. The van der Waals surface area contributed by atoms with Crippen molar-refractivity contribution in [2.24, 2.45) is 0 Å². The second-order valence-corrected chi connectivity index (χ2v) is 9.99. The minimum absolute atomic E-state index is 0.123. The van der Waals surface area contributed by atoms with Crippen LogP contribution in [-0.4, -0.2) is 0 Å². The molecular weight excluding hydrogens is 448 g/mol. The highest BCUT2D eigenvalue weighted by Gasteiger charge is 2.37.